The van der Waals surface area contributed by atoms with Gasteiger partial charge in [-0.25, -0.2) is 0 Å². The fourth-order valence-corrected chi connectivity index (χ4v) is 2.65. The van der Waals surface area contributed by atoms with Gasteiger partial charge in [-0.1, -0.05) is 0 Å². The molecule has 0 atom stereocenters. The Bertz CT molecular complexity index is 424. The van der Waals surface area contributed by atoms with Crippen LogP contribution >= 0.6 is 0 Å². The Morgan fingerprint density at radius 2 is 1.93 bits per heavy atom. The van der Waals surface area contributed by atoms with E-state index in [9.17, 15) is 8.53 Å². The second-order valence-corrected chi connectivity index (χ2v) is 5.92. The van der Waals surface area contributed by atoms with Crippen molar-refractivity contribution in [2.45, 2.75) is 0 Å². The molecule has 0 heterocycles. The number of nitrogen functional groups attached to an aromatic ring is 1. The van der Waals surface area contributed by atoms with E-state index in [1.807, 2.05) is 0 Å². The number of carboxylic acids is 1. The molecule has 0 aliphatic heterocycles. The van der Waals surface area contributed by atoms with Gasteiger partial charge < -0.3 is 0 Å². The topological polar surface area (TPSA) is 121 Å². The molecule has 0 saturated heterocycles. The van der Waals surface area contributed by atoms with Crippen molar-refractivity contribution in [3.8, 4) is 0 Å². The summed E-state index contributed by atoms with van der Waals surface area (Å²) in [5.74, 6) is -1.38. The molecular formula is C7H8AsNO5. The Balaban J connectivity index is 3.46. The van der Waals surface area contributed by atoms with Crippen LogP contribution in [0.25, 0.3) is 0 Å². The summed E-state index contributed by atoms with van der Waals surface area (Å²) in [5, 5.41) is 8.65. The predicted octanol–water partition coefficient (Wildman–Crippen LogP) is -1.47. The molecule has 0 unspecified atom stereocenters. The molecule has 0 bridgehead atoms. The van der Waals surface area contributed by atoms with Crippen LogP contribution in [0.1, 0.15) is 10.4 Å². The van der Waals surface area contributed by atoms with Gasteiger partial charge in [0, 0.05) is 0 Å². The number of anilines is 1. The maximum absolute atomic E-state index is 10.9. The van der Waals surface area contributed by atoms with Gasteiger partial charge in [0.25, 0.3) is 0 Å². The average Bonchev–Trinajstić information content (AvgIpc) is 2.01. The second-order valence-electron chi connectivity index (χ2n) is 2.63. The average molecular weight is 261 g/mol. The van der Waals surface area contributed by atoms with Gasteiger partial charge in [0.1, 0.15) is 0 Å². The first-order valence-corrected chi connectivity index (χ1v) is 6.89. The predicted molar refractivity (Wildman–Crippen MR) is 48.3 cm³/mol. The molecule has 0 spiro atoms. The summed E-state index contributed by atoms with van der Waals surface area (Å²) in [4.78, 5) is 10.6. The van der Waals surface area contributed by atoms with Gasteiger partial charge in [-0.15, -0.1) is 0 Å². The number of nitrogens with two attached hydrogens (primary N) is 1. The van der Waals surface area contributed by atoms with E-state index in [0.717, 1.165) is 12.1 Å². The standard InChI is InChI=1S/C7H8AsNO5/c9-4-1-2-5(7(10)11)6(3-4)8(12,13)14/h1-3H,9H2,(H,10,11)(H2,12,13,14). The van der Waals surface area contributed by atoms with E-state index in [2.05, 4.69) is 0 Å². The summed E-state index contributed by atoms with van der Waals surface area (Å²) in [6.07, 6.45) is 0. The molecule has 5 N–H and O–H groups in total. The Hall–Kier alpha value is -1.23. The van der Waals surface area contributed by atoms with Gasteiger partial charge in [-0.2, -0.15) is 0 Å². The minimum absolute atomic E-state index is 0.120. The molecule has 1 rings (SSSR count). The fourth-order valence-electron chi connectivity index (χ4n) is 0.971. The van der Waals surface area contributed by atoms with Crippen LogP contribution in [0.5, 0.6) is 0 Å². The Kier molecular flexibility index (Phi) is 2.71. The van der Waals surface area contributed by atoms with E-state index in [1.165, 1.54) is 6.07 Å². The van der Waals surface area contributed by atoms with E-state index in [1.54, 1.807) is 0 Å². The third-order valence-electron chi connectivity index (χ3n) is 1.57. The Labute approximate surface area is 82.0 Å². The van der Waals surface area contributed by atoms with Gasteiger partial charge in [0.05, 0.1) is 0 Å². The normalized spacial score (nSPS) is 11.3. The molecule has 1 aromatic carbocycles. The van der Waals surface area contributed by atoms with Crippen LogP contribution in [0, 0.1) is 0 Å². The van der Waals surface area contributed by atoms with E-state index < -0.39 is 30.1 Å². The van der Waals surface area contributed by atoms with E-state index in [4.69, 9.17) is 19.0 Å². The quantitative estimate of drug-likeness (QED) is 0.381. The number of hydrogen-bond acceptors (Lipinski definition) is 3. The molecule has 14 heavy (non-hydrogen) atoms. The Morgan fingerprint density at radius 3 is 2.36 bits per heavy atom. The summed E-state index contributed by atoms with van der Waals surface area (Å²) in [7, 11) is 0. The Morgan fingerprint density at radius 1 is 1.36 bits per heavy atom. The summed E-state index contributed by atoms with van der Waals surface area (Å²) >= 11 is -5.22. The molecule has 0 radical (unpaired) electrons. The first-order chi connectivity index (χ1) is 6.32. The van der Waals surface area contributed by atoms with Gasteiger partial charge in [0.15, 0.2) is 0 Å². The van der Waals surface area contributed by atoms with Crippen molar-refractivity contribution in [3.63, 3.8) is 0 Å². The molecule has 76 valence electrons. The molecule has 0 amide bonds. The minimum atomic E-state index is -5.22. The molecule has 0 aromatic heterocycles. The number of hydrogen-bond donors (Lipinski definition) is 4. The van der Waals surface area contributed by atoms with Crippen molar-refractivity contribution in [2.24, 2.45) is 0 Å². The van der Waals surface area contributed by atoms with Crippen LogP contribution in [0.4, 0.5) is 5.69 Å². The molecule has 0 saturated carbocycles. The number of carboxylic acid groups (broad SMARTS) is 1. The van der Waals surface area contributed by atoms with Crippen LogP contribution in [-0.4, -0.2) is 33.4 Å². The van der Waals surface area contributed by atoms with Crippen LogP contribution in [0.3, 0.4) is 0 Å². The molecule has 6 nitrogen and oxygen atoms in total. The monoisotopic (exact) mass is 261 g/mol. The summed E-state index contributed by atoms with van der Waals surface area (Å²) < 4.78 is 28.2. The van der Waals surface area contributed by atoms with Crippen LogP contribution < -0.4 is 10.1 Å². The third-order valence-corrected chi connectivity index (χ3v) is 3.66. The zero-order valence-corrected chi connectivity index (χ0v) is 8.79. The molecular weight excluding hydrogens is 253 g/mol. The zero-order valence-electron chi connectivity index (χ0n) is 6.91. The number of aromatic carboxylic acids is 1. The summed E-state index contributed by atoms with van der Waals surface area (Å²) in [5.41, 5.74) is 5.01. The van der Waals surface area contributed by atoms with E-state index in [-0.39, 0.29) is 5.69 Å². The second kappa shape index (κ2) is 3.49. The SMILES string of the molecule is Nc1ccc(C(=O)O)c([As](=O)(O)O)c1. The number of rotatable bonds is 2. The van der Waals surface area contributed by atoms with Crippen molar-refractivity contribution in [2.75, 3.05) is 5.73 Å². The molecule has 0 aliphatic carbocycles. The zero-order chi connectivity index (χ0) is 10.9. The van der Waals surface area contributed by atoms with Crippen LogP contribution in [0.2, 0.25) is 0 Å². The van der Waals surface area contributed by atoms with Crippen LogP contribution in [0.15, 0.2) is 18.2 Å². The third kappa shape index (κ3) is 2.17. The van der Waals surface area contributed by atoms with Crippen molar-refractivity contribution in [1.82, 2.24) is 0 Å². The van der Waals surface area contributed by atoms with Crippen molar-refractivity contribution < 1.29 is 21.8 Å². The van der Waals surface area contributed by atoms with Crippen molar-refractivity contribution >= 4 is 30.2 Å². The van der Waals surface area contributed by atoms with E-state index >= 15 is 0 Å². The van der Waals surface area contributed by atoms with Crippen molar-refractivity contribution in [3.05, 3.63) is 23.8 Å². The van der Waals surface area contributed by atoms with Gasteiger partial charge in [0.2, 0.25) is 0 Å². The summed E-state index contributed by atoms with van der Waals surface area (Å²) in [6.45, 7) is 0. The molecule has 0 fully saturated rings. The molecule has 1 aromatic rings. The van der Waals surface area contributed by atoms with E-state index in [0.29, 0.717) is 0 Å². The van der Waals surface area contributed by atoms with Gasteiger partial charge >= 0.3 is 81.5 Å². The van der Waals surface area contributed by atoms with Gasteiger partial charge in [-0.05, 0) is 0 Å². The van der Waals surface area contributed by atoms with Gasteiger partial charge in [-0.3, -0.25) is 0 Å². The molecule has 0 aliphatic rings. The summed E-state index contributed by atoms with van der Waals surface area (Å²) in [6, 6.07) is 3.34. The molecule has 7 heteroatoms. The maximum atomic E-state index is 10.9. The first kappa shape index (κ1) is 10.8. The number of carbonyl (C=O) groups is 1. The van der Waals surface area contributed by atoms with Crippen LogP contribution in [-0.2, 0) is 3.74 Å². The number of benzene rings is 1. The fraction of sp³-hybridized carbons (Fsp3) is 0. The first-order valence-electron chi connectivity index (χ1n) is 3.51. The van der Waals surface area contributed by atoms with Crippen molar-refractivity contribution in [1.29, 1.82) is 0 Å².